The van der Waals surface area contributed by atoms with Gasteiger partial charge in [0.05, 0.1) is 28.0 Å². The lowest BCUT2D eigenvalue weighted by Gasteiger charge is -2.32. The fraction of sp³-hybridized carbons (Fsp3) is 0.625. The van der Waals surface area contributed by atoms with Crippen LogP contribution in [0.1, 0.15) is 47.2 Å². The highest BCUT2D eigenvalue weighted by Crippen LogP contribution is 2.40. The first-order valence-corrected chi connectivity index (χ1v) is 7.61. The van der Waals surface area contributed by atoms with Gasteiger partial charge in [0.25, 0.3) is 0 Å². The quantitative estimate of drug-likeness (QED) is 0.740. The lowest BCUT2D eigenvalue weighted by Crippen LogP contribution is -2.41. The molecule has 0 saturated carbocycles. The van der Waals surface area contributed by atoms with Crippen molar-refractivity contribution < 1.29 is 14.1 Å². The van der Waals surface area contributed by atoms with E-state index in [4.69, 9.17) is 9.31 Å². The number of pyridine rings is 1. The molecular formula is C16H23BN2O3. The van der Waals surface area contributed by atoms with Crippen LogP contribution in [0.2, 0.25) is 0 Å². The minimum absolute atomic E-state index is 0.0565. The Hall–Kier alpha value is -1.40. The smallest absolute Gasteiger partial charge is 0.399 e. The number of hydrogen-bond acceptors (Lipinski definition) is 4. The molecule has 2 aliphatic rings. The first kappa shape index (κ1) is 15.5. The lowest BCUT2D eigenvalue weighted by atomic mass is 9.79. The first-order chi connectivity index (χ1) is 9.97. The molecule has 2 aliphatic heterocycles. The molecule has 0 bridgehead atoms. The summed E-state index contributed by atoms with van der Waals surface area (Å²) in [6.07, 6.45) is 1.76. The van der Waals surface area contributed by atoms with Crippen molar-refractivity contribution in [3.63, 3.8) is 0 Å². The highest BCUT2D eigenvalue weighted by Gasteiger charge is 2.52. The normalized spacial score (nSPS) is 24.8. The van der Waals surface area contributed by atoms with Gasteiger partial charge in [-0.1, -0.05) is 0 Å². The van der Waals surface area contributed by atoms with Crippen LogP contribution in [0.15, 0.2) is 12.3 Å². The van der Waals surface area contributed by atoms with Crippen LogP contribution in [-0.2, 0) is 19.5 Å². The van der Waals surface area contributed by atoms with Crippen molar-refractivity contribution in [3.8, 4) is 0 Å². The van der Waals surface area contributed by atoms with E-state index in [0.29, 0.717) is 0 Å². The Balaban J connectivity index is 1.99. The average Bonchev–Trinajstić information content (AvgIpc) is 2.73. The molecule has 0 aliphatic carbocycles. The van der Waals surface area contributed by atoms with E-state index in [9.17, 15) is 4.79 Å². The van der Waals surface area contributed by atoms with Crippen LogP contribution in [0.25, 0.3) is 0 Å². The minimum atomic E-state index is -0.585. The van der Waals surface area contributed by atoms with Gasteiger partial charge >= 0.3 is 7.12 Å². The van der Waals surface area contributed by atoms with E-state index in [1.807, 2.05) is 47.6 Å². The second-order valence-corrected chi connectivity index (χ2v) is 7.71. The van der Waals surface area contributed by atoms with Crippen molar-refractivity contribution >= 4 is 24.2 Å². The summed E-state index contributed by atoms with van der Waals surface area (Å²) in [5.74, 6) is 0.0565. The molecule has 1 saturated heterocycles. The molecule has 0 atom stereocenters. The fourth-order valence-electron chi connectivity index (χ4n) is 2.94. The molecule has 0 unspecified atom stereocenters. The standard InChI is InChI=1S/C16H23BN2O3/c1-14(2)12-11(19(7)13(14)20)8-10(9-18-12)17-21-15(3,4)16(5,6)22-17/h8-9H,1-7H3. The van der Waals surface area contributed by atoms with Gasteiger partial charge in [0.2, 0.25) is 5.91 Å². The molecule has 1 aromatic rings. The Kier molecular flexibility index (Phi) is 3.05. The van der Waals surface area contributed by atoms with Crippen LogP contribution in [0.5, 0.6) is 0 Å². The van der Waals surface area contributed by atoms with Crippen molar-refractivity contribution in [2.75, 3.05) is 11.9 Å². The Morgan fingerprint density at radius 3 is 2.18 bits per heavy atom. The number of fused-ring (bicyclic) bond motifs is 1. The van der Waals surface area contributed by atoms with Crippen LogP contribution in [-0.4, -0.2) is 36.3 Å². The zero-order chi connectivity index (χ0) is 16.5. The summed E-state index contributed by atoms with van der Waals surface area (Å²) in [6.45, 7) is 11.9. The number of carbonyl (C=O) groups is 1. The highest BCUT2D eigenvalue weighted by molar-refractivity contribution is 6.62. The Bertz CT molecular complexity index is 639. The zero-order valence-corrected chi connectivity index (χ0v) is 14.4. The molecular weight excluding hydrogens is 279 g/mol. The van der Waals surface area contributed by atoms with Gasteiger partial charge in [-0.25, -0.2) is 0 Å². The van der Waals surface area contributed by atoms with Gasteiger partial charge in [0, 0.05) is 18.7 Å². The first-order valence-electron chi connectivity index (χ1n) is 7.61. The molecule has 6 heteroatoms. The predicted octanol–water partition coefficient (Wildman–Crippen LogP) is 1.63. The Labute approximate surface area is 132 Å². The average molecular weight is 302 g/mol. The monoisotopic (exact) mass is 302 g/mol. The molecule has 0 radical (unpaired) electrons. The molecule has 1 aromatic heterocycles. The summed E-state index contributed by atoms with van der Waals surface area (Å²) in [5.41, 5.74) is 1.12. The number of likely N-dealkylation sites (N-methyl/N-ethyl adjacent to an activating group) is 1. The number of rotatable bonds is 1. The maximum atomic E-state index is 12.3. The Morgan fingerprint density at radius 2 is 1.64 bits per heavy atom. The number of carbonyl (C=O) groups excluding carboxylic acids is 1. The van der Waals surface area contributed by atoms with E-state index in [2.05, 4.69) is 4.98 Å². The minimum Gasteiger partial charge on any atom is -0.399 e. The van der Waals surface area contributed by atoms with Crippen molar-refractivity contribution in [1.29, 1.82) is 0 Å². The summed E-state index contributed by atoms with van der Waals surface area (Å²) in [5, 5.41) is 0. The van der Waals surface area contributed by atoms with Gasteiger partial charge in [-0.2, -0.15) is 0 Å². The molecule has 22 heavy (non-hydrogen) atoms. The van der Waals surface area contributed by atoms with E-state index in [1.165, 1.54) is 0 Å². The van der Waals surface area contributed by atoms with Gasteiger partial charge < -0.3 is 14.2 Å². The second kappa shape index (κ2) is 4.33. The molecule has 1 fully saturated rings. The van der Waals surface area contributed by atoms with Crippen molar-refractivity contribution in [3.05, 3.63) is 18.0 Å². The predicted molar refractivity (Wildman–Crippen MR) is 86.4 cm³/mol. The largest absolute Gasteiger partial charge is 0.496 e. The van der Waals surface area contributed by atoms with Crippen molar-refractivity contribution in [1.82, 2.24) is 4.98 Å². The zero-order valence-electron chi connectivity index (χ0n) is 14.4. The van der Waals surface area contributed by atoms with E-state index < -0.39 is 23.7 Å². The van der Waals surface area contributed by atoms with Crippen LogP contribution >= 0.6 is 0 Å². The van der Waals surface area contributed by atoms with E-state index in [-0.39, 0.29) is 5.91 Å². The third-order valence-corrected chi connectivity index (χ3v) is 5.21. The van der Waals surface area contributed by atoms with Crippen LogP contribution in [0, 0.1) is 0 Å². The van der Waals surface area contributed by atoms with Gasteiger partial charge in [-0.15, -0.1) is 0 Å². The fourth-order valence-corrected chi connectivity index (χ4v) is 2.94. The topological polar surface area (TPSA) is 51.7 Å². The number of amides is 1. The van der Waals surface area contributed by atoms with E-state index >= 15 is 0 Å². The maximum Gasteiger partial charge on any atom is 0.496 e. The summed E-state index contributed by atoms with van der Waals surface area (Å²) in [4.78, 5) is 18.5. The highest BCUT2D eigenvalue weighted by atomic mass is 16.7. The number of anilines is 1. The number of hydrogen-bond donors (Lipinski definition) is 0. The number of nitrogens with zero attached hydrogens (tertiary/aromatic N) is 2. The molecule has 3 heterocycles. The molecule has 0 N–H and O–H groups in total. The maximum absolute atomic E-state index is 12.3. The summed E-state index contributed by atoms with van der Waals surface area (Å²) < 4.78 is 12.1. The molecule has 1 amide bonds. The number of aromatic nitrogens is 1. The molecule has 5 nitrogen and oxygen atoms in total. The van der Waals surface area contributed by atoms with Crippen molar-refractivity contribution in [2.45, 2.75) is 58.2 Å². The van der Waals surface area contributed by atoms with Crippen molar-refractivity contribution in [2.24, 2.45) is 0 Å². The van der Waals surface area contributed by atoms with Crippen LogP contribution < -0.4 is 10.4 Å². The second-order valence-electron chi connectivity index (χ2n) is 7.71. The SMILES string of the molecule is CN1C(=O)C(C)(C)c2ncc(B3OC(C)(C)C(C)(C)O3)cc21. The third kappa shape index (κ3) is 1.93. The summed E-state index contributed by atoms with van der Waals surface area (Å²) in [6, 6.07) is 1.96. The van der Waals surface area contributed by atoms with Crippen LogP contribution in [0.4, 0.5) is 5.69 Å². The van der Waals surface area contributed by atoms with Gasteiger partial charge in [-0.05, 0) is 47.6 Å². The van der Waals surface area contributed by atoms with Crippen LogP contribution in [0.3, 0.4) is 0 Å². The van der Waals surface area contributed by atoms with E-state index in [0.717, 1.165) is 16.8 Å². The molecule has 118 valence electrons. The van der Waals surface area contributed by atoms with Gasteiger partial charge in [0.15, 0.2) is 0 Å². The van der Waals surface area contributed by atoms with Gasteiger partial charge in [-0.3, -0.25) is 9.78 Å². The summed E-state index contributed by atoms with van der Waals surface area (Å²) >= 11 is 0. The molecule has 0 spiro atoms. The van der Waals surface area contributed by atoms with Gasteiger partial charge in [0.1, 0.15) is 0 Å². The Morgan fingerprint density at radius 1 is 1.09 bits per heavy atom. The summed E-state index contributed by atoms with van der Waals surface area (Å²) in [7, 11) is 1.32. The van der Waals surface area contributed by atoms with E-state index in [1.54, 1.807) is 18.1 Å². The third-order valence-electron chi connectivity index (χ3n) is 5.21. The molecule has 0 aromatic carbocycles. The lowest BCUT2D eigenvalue weighted by molar-refractivity contribution is -0.121. The molecule has 3 rings (SSSR count).